The lowest BCUT2D eigenvalue weighted by Gasteiger charge is -2.13. The van der Waals surface area contributed by atoms with E-state index in [1.54, 1.807) is 7.11 Å². The predicted octanol–water partition coefficient (Wildman–Crippen LogP) is 3.73. The highest BCUT2D eigenvalue weighted by molar-refractivity contribution is 5.90. The van der Waals surface area contributed by atoms with Gasteiger partial charge in [0.1, 0.15) is 5.75 Å². The Morgan fingerprint density at radius 1 is 1.08 bits per heavy atom. The van der Waals surface area contributed by atoms with Gasteiger partial charge in [-0.15, -0.1) is 0 Å². The zero-order valence-electron chi connectivity index (χ0n) is 14.2. The van der Waals surface area contributed by atoms with Crippen LogP contribution in [-0.4, -0.2) is 26.4 Å². The Balaban J connectivity index is 1.86. The van der Waals surface area contributed by atoms with Crippen LogP contribution in [0.4, 0.5) is 10.5 Å². The van der Waals surface area contributed by atoms with Crippen LogP contribution in [0.3, 0.4) is 0 Å². The standard InChI is InChI=1S/C19H24N2O3/c1-15-7-5-8-16(13-15)14-20-19(22)21-17-9-3-4-10-18(17)24-12-6-11-23-2/h3-5,7-10,13H,6,11-12,14H2,1-2H3,(H2,20,21,22). The molecule has 0 spiro atoms. The van der Waals surface area contributed by atoms with Gasteiger partial charge < -0.3 is 20.1 Å². The van der Waals surface area contributed by atoms with Crippen molar-refractivity contribution in [2.75, 3.05) is 25.6 Å². The molecule has 128 valence electrons. The maximum atomic E-state index is 12.1. The van der Waals surface area contributed by atoms with Crippen LogP contribution in [-0.2, 0) is 11.3 Å². The zero-order chi connectivity index (χ0) is 17.2. The number of carbonyl (C=O) groups excluding carboxylic acids is 1. The molecule has 0 atom stereocenters. The van der Waals surface area contributed by atoms with E-state index in [-0.39, 0.29) is 6.03 Å². The fraction of sp³-hybridized carbons (Fsp3) is 0.316. The number of nitrogens with one attached hydrogen (secondary N) is 2. The van der Waals surface area contributed by atoms with Crippen LogP contribution in [0.5, 0.6) is 5.75 Å². The first-order valence-electron chi connectivity index (χ1n) is 8.00. The van der Waals surface area contributed by atoms with E-state index in [1.807, 2.05) is 55.5 Å². The molecule has 0 aromatic heterocycles. The predicted molar refractivity (Wildman–Crippen MR) is 95.5 cm³/mol. The Morgan fingerprint density at radius 2 is 1.92 bits per heavy atom. The van der Waals surface area contributed by atoms with Gasteiger partial charge in [0.05, 0.1) is 12.3 Å². The van der Waals surface area contributed by atoms with Gasteiger partial charge in [-0.1, -0.05) is 42.0 Å². The van der Waals surface area contributed by atoms with Crippen LogP contribution < -0.4 is 15.4 Å². The Kier molecular flexibility index (Phi) is 7.11. The van der Waals surface area contributed by atoms with E-state index in [9.17, 15) is 4.79 Å². The number of rotatable bonds is 8. The van der Waals surface area contributed by atoms with Crippen molar-refractivity contribution in [3.63, 3.8) is 0 Å². The largest absolute Gasteiger partial charge is 0.491 e. The Morgan fingerprint density at radius 3 is 2.71 bits per heavy atom. The lowest BCUT2D eigenvalue weighted by atomic mass is 10.1. The van der Waals surface area contributed by atoms with E-state index < -0.39 is 0 Å². The van der Waals surface area contributed by atoms with E-state index in [0.717, 1.165) is 12.0 Å². The summed E-state index contributed by atoms with van der Waals surface area (Å²) in [5, 5.41) is 5.68. The number of hydrogen-bond donors (Lipinski definition) is 2. The second-order valence-corrected chi connectivity index (χ2v) is 5.49. The van der Waals surface area contributed by atoms with Crippen LogP contribution >= 0.6 is 0 Å². The number of urea groups is 1. The normalized spacial score (nSPS) is 10.2. The molecule has 5 nitrogen and oxygen atoms in total. The summed E-state index contributed by atoms with van der Waals surface area (Å²) in [7, 11) is 1.66. The average Bonchev–Trinajstić information content (AvgIpc) is 2.58. The summed E-state index contributed by atoms with van der Waals surface area (Å²) < 4.78 is 10.7. The molecule has 0 heterocycles. The summed E-state index contributed by atoms with van der Waals surface area (Å²) >= 11 is 0. The summed E-state index contributed by atoms with van der Waals surface area (Å²) in [6.45, 7) is 3.69. The molecule has 0 saturated carbocycles. The molecule has 2 N–H and O–H groups in total. The van der Waals surface area contributed by atoms with Crippen molar-refractivity contribution in [3.8, 4) is 5.75 Å². The molecule has 2 aromatic rings. The minimum absolute atomic E-state index is 0.260. The highest BCUT2D eigenvalue weighted by Gasteiger charge is 2.07. The number of anilines is 1. The number of ether oxygens (including phenoxy) is 2. The van der Waals surface area contributed by atoms with Gasteiger partial charge in [0.25, 0.3) is 0 Å². The highest BCUT2D eigenvalue weighted by atomic mass is 16.5. The summed E-state index contributed by atoms with van der Waals surface area (Å²) in [5.74, 6) is 0.652. The van der Waals surface area contributed by atoms with Crippen molar-refractivity contribution in [2.45, 2.75) is 19.9 Å². The van der Waals surface area contributed by atoms with Crippen molar-refractivity contribution < 1.29 is 14.3 Å². The van der Waals surface area contributed by atoms with Gasteiger partial charge >= 0.3 is 6.03 Å². The third-order valence-corrected chi connectivity index (χ3v) is 3.42. The van der Waals surface area contributed by atoms with Crippen LogP contribution in [0.1, 0.15) is 17.5 Å². The lowest BCUT2D eigenvalue weighted by Crippen LogP contribution is -2.28. The molecule has 0 unspecified atom stereocenters. The van der Waals surface area contributed by atoms with E-state index in [0.29, 0.717) is 31.2 Å². The van der Waals surface area contributed by atoms with E-state index in [4.69, 9.17) is 9.47 Å². The zero-order valence-corrected chi connectivity index (χ0v) is 14.2. The summed E-state index contributed by atoms with van der Waals surface area (Å²) in [5.41, 5.74) is 2.88. The number of amides is 2. The number of para-hydroxylation sites is 2. The first kappa shape index (κ1) is 17.8. The van der Waals surface area contributed by atoms with Gasteiger partial charge in [0.15, 0.2) is 0 Å². The molecule has 0 saturated heterocycles. The van der Waals surface area contributed by atoms with Gasteiger partial charge in [0.2, 0.25) is 0 Å². The number of hydrogen-bond acceptors (Lipinski definition) is 3. The van der Waals surface area contributed by atoms with Crippen LogP contribution in [0.2, 0.25) is 0 Å². The summed E-state index contributed by atoms with van der Waals surface area (Å²) in [6.07, 6.45) is 0.796. The molecule has 2 rings (SSSR count). The molecule has 0 aliphatic carbocycles. The number of carbonyl (C=O) groups is 1. The van der Waals surface area contributed by atoms with Crippen molar-refractivity contribution in [1.29, 1.82) is 0 Å². The van der Waals surface area contributed by atoms with Gasteiger partial charge in [0, 0.05) is 26.7 Å². The minimum atomic E-state index is -0.260. The maximum absolute atomic E-state index is 12.1. The van der Waals surface area contributed by atoms with E-state index >= 15 is 0 Å². The summed E-state index contributed by atoms with van der Waals surface area (Å²) in [4.78, 5) is 12.1. The number of benzene rings is 2. The van der Waals surface area contributed by atoms with E-state index in [1.165, 1.54) is 5.56 Å². The molecule has 0 radical (unpaired) electrons. The average molecular weight is 328 g/mol. The van der Waals surface area contributed by atoms with Gasteiger partial charge in [-0.05, 0) is 24.6 Å². The van der Waals surface area contributed by atoms with Crippen molar-refractivity contribution in [1.82, 2.24) is 5.32 Å². The van der Waals surface area contributed by atoms with Gasteiger partial charge in [-0.3, -0.25) is 0 Å². The maximum Gasteiger partial charge on any atom is 0.319 e. The highest BCUT2D eigenvalue weighted by Crippen LogP contribution is 2.23. The third kappa shape index (κ3) is 5.93. The number of aryl methyl sites for hydroxylation is 1. The smallest absolute Gasteiger partial charge is 0.319 e. The third-order valence-electron chi connectivity index (χ3n) is 3.42. The topological polar surface area (TPSA) is 59.6 Å². The fourth-order valence-electron chi connectivity index (χ4n) is 2.25. The molecule has 0 aliphatic heterocycles. The summed E-state index contributed by atoms with van der Waals surface area (Å²) in [6, 6.07) is 15.2. The molecular weight excluding hydrogens is 304 g/mol. The second-order valence-electron chi connectivity index (χ2n) is 5.49. The SMILES string of the molecule is COCCCOc1ccccc1NC(=O)NCc1cccc(C)c1. The minimum Gasteiger partial charge on any atom is -0.491 e. The molecule has 2 aromatic carbocycles. The van der Waals surface area contributed by atoms with Crippen molar-refractivity contribution in [2.24, 2.45) is 0 Å². The number of methoxy groups -OCH3 is 1. The quantitative estimate of drug-likeness (QED) is 0.726. The van der Waals surface area contributed by atoms with E-state index in [2.05, 4.69) is 10.6 Å². The molecule has 5 heteroatoms. The van der Waals surface area contributed by atoms with Gasteiger partial charge in [-0.25, -0.2) is 4.79 Å². The van der Waals surface area contributed by atoms with Gasteiger partial charge in [-0.2, -0.15) is 0 Å². The Labute approximate surface area is 143 Å². The monoisotopic (exact) mass is 328 g/mol. The molecule has 0 bridgehead atoms. The Hall–Kier alpha value is -2.53. The van der Waals surface area contributed by atoms with Crippen LogP contribution in [0.25, 0.3) is 0 Å². The van der Waals surface area contributed by atoms with Crippen LogP contribution in [0, 0.1) is 6.92 Å². The molecule has 0 fully saturated rings. The Bertz CT molecular complexity index is 659. The van der Waals surface area contributed by atoms with Crippen LogP contribution in [0.15, 0.2) is 48.5 Å². The van der Waals surface area contributed by atoms with Crippen molar-refractivity contribution in [3.05, 3.63) is 59.7 Å². The first-order chi connectivity index (χ1) is 11.7. The lowest BCUT2D eigenvalue weighted by molar-refractivity contribution is 0.172. The first-order valence-corrected chi connectivity index (χ1v) is 8.00. The molecule has 0 aliphatic rings. The fourth-order valence-corrected chi connectivity index (χ4v) is 2.25. The second kappa shape index (κ2) is 9.57. The molecule has 2 amide bonds. The molecular formula is C19H24N2O3. The molecule has 24 heavy (non-hydrogen) atoms. The van der Waals surface area contributed by atoms with Crippen molar-refractivity contribution >= 4 is 11.7 Å².